The van der Waals surface area contributed by atoms with Gasteiger partial charge in [0.1, 0.15) is 0 Å². The van der Waals surface area contributed by atoms with Crippen LogP contribution in [0.25, 0.3) is 0 Å². The van der Waals surface area contributed by atoms with Gasteiger partial charge in [0.2, 0.25) is 0 Å². The van der Waals surface area contributed by atoms with Gasteiger partial charge in [-0.3, -0.25) is 4.99 Å². The Morgan fingerprint density at radius 3 is 2.92 bits per heavy atom. The molecule has 2 aliphatic heterocycles. The number of thiophene rings is 1. The van der Waals surface area contributed by atoms with Crippen LogP contribution in [0.4, 0.5) is 5.00 Å². The highest BCUT2D eigenvalue weighted by atomic mass is 32.2. The molecule has 3 rings (SSSR count). The molecule has 3 N–H and O–H groups in total. The smallest absolute Gasteiger partial charge is 0.191 e. The van der Waals surface area contributed by atoms with Crippen molar-refractivity contribution in [3.05, 3.63) is 17.5 Å². The minimum atomic E-state index is -0.616. The minimum absolute atomic E-state index is 0.451. The van der Waals surface area contributed by atoms with E-state index in [1.807, 2.05) is 23.1 Å². The highest BCUT2D eigenvalue weighted by Crippen LogP contribution is 2.28. The van der Waals surface area contributed by atoms with Gasteiger partial charge >= 0.3 is 0 Å². The molecule has 2 aliphatic rings. The fraction of sp³-hybridized carbons (Fsp3) is 0.706. The van der Waals surface area contributed by atoms with Gasteiger partial charge in [0, 0.05) is 31.4 Å². The van der Waals surface area contributed by atoms with E-state index in [-0.39, 0.29) is 0 Å². The number of rotatable bonds is 5. The van der Waals surface area contributed by atoms with E-state index in [9.17, 15) is 5.11 Å². The second-order valence-electron chi connectivity index (χ2n) is 6.58. The van der Waals surface area contributed by atoms with E-state index in [2.05, 4.69) is 45.0 Å². The number of thioether (sulfide) groups is 1. The Labute approximate surface area is 152 Å². The summed E-state index contributed by atoms with van der Waals surface area (Å²) in [5.41, 5.74) is -0.616. The van der Waals surface area contributed by atoms with Crippen LogP contribution < -0.4 is 15.5 Å². The van der Waals surface area contributed by atoms with Gasteiger partial charge < -0.3 is 20.6 Å². The number of aliphatic hydroxyl groups is 1. The Balaban J connectivity index is 1.50. The van der Waals surface area contributed by atoms with Crippen LogP contribution >= 0.6 is 23.1 Å². The van der Waals surface area contributed by atoms with Crippen LogP contribution in [0.2, 0.25) is 0 Å². The predicted octanol–water partition coefficient (Wildman–Crippen LogP) is 2.14. The first-order chi connectivity index (χ1) is 11.7. The zero-order valence-corrected chi connectivity index (χ0v) is 16.0. The first-order valence-corrected chi connectivity index (χ1v) is 10.9. The summed E-state index contributed by atoms with van der Waals surface area (Å²) >= 11 is 3.63. The number of hydrogen-bond donors (Lipinski definition) is 3. The number of anilines is 1. The van der Waals surface area contributed by atoms with Crippen LogP contribution in [0.5, 0.6) is 0 Å². The molecule has 0 aromatic carbocycles. The van der Waals surface area contributed by atoms with E-state index in [4.69, 9.17) is 0 Å². The largest absolute Gasteiger partial charge is 0.387 e. The molecule has 0 saturated carbocycles. The molecule has 1 atom stereocenters. The van der Waals surface area contributed by atoms with Gasteiger partial charge in [0.05, 0.1) is 17.1 Å². The maximum atomic E-state index is 10.5. The van der Waals surface area contributed by atoms with Gasteiger partial charge in [-0.1, -0.05) is 0 Å². The van der Waals surface area contributed by atoms with Gasteiger partial charge in [-0.05, 0) is 49.5 Å². The van der Waals surface area contributed by atoms with Crippen LogP contribution in [0.1, 0.15) is 26.2 Å². The van der Waals surface area contributed by atoms with Gasteiger partial charge in [-0.25, -0.2) is 0 Å². The van der Waals surface area contributed by atoms with Gasteiger partial charge in [0.25, 0.3) is 0 Å². The lowest BCUT2D eigenvalue weighted by atomic mass is 10.0. The Hall–Kier alpha value is -0.920. The summed E-state index contributed by atoms with van der Waals surface area (Å²) in [5, 5.41) is 20.9. The second-order valence-corrected chi connectivity index (χ2v) is 8.61. The van der Waals surface area contributed by atoms with Crippen molar-refractivity contribution in [1.29, 1.82) is 0 Å². The zero-order valence-electron chi connectivity index (χ0n) is 14.3. The van der Waals surface area contributed by atoms with Crippen LogP contribution in [0.3, 0.4) is 0 Å². The third kappa shape index (κ3) is 4.80. The Morgan fingerprint density at radius 1 is 1.46 bits per heavy atom. The molecule has 0 spiro atoms. The molecule has 2 saturated heterocycles. The van der Waals surface area contributed by atoms with Crippen molar-refractivity contribution in [2.24, 2.45) is 4.99 Å². The van der Waals surface area contributed by atoms with E-state index in [1.54, 1.807) is 0 Å². The predicted molar refractivity (Wildman–Crippen MR) is 106 cm³/mol. The quantitative estimate of drug-likeness (QED) is 0.549. The SMILES string of the molecule is CCNC(=NCC1(O)CCSC1)NC1CCN(c2cccs2)CC1. The number of piperidine rings is 1. The normalized spacial score (nSPS) is 25.9. The molecule has 2 fully saturated rings. The Bertz CT molecular complexity index is 521. The fourth-order valence-electron chi connectivity index (χ4n) is 3.15. The van der Waals surface area contributed by atoms with Crippen LogP contribution in [-0.2, 0) is 0 Å². The summed E-state index contributed by atoms with van der Waals surface area (Å²) in [5.74, 6) is 2.68. The molecule has 0 aliphatic carbocycles. The summed E-state index contributed by atoms with van der Waals surface area (Å²) in [6.45, 7) is 5.57. The van der Waals surface area contributed by atoms with Crippen LogP contribution in [0.15, 0.2) is 22.5 Å². The number of nitrogens with one attached hydrogen (secondary N) is 2. The molecule has 7 heteroatoms. The molecule has 0 radical (unpaired) electrons. The van der Waals surface area contributed by atoms with Crippen molar-refractivity contribution >= 4 is 34.1 Å². The van der Waals surface area contributed by atoms with Crippen LogP contribution in [0, 0.1) is 0 Å². The number of guanidine groups is 1. The first kappa shape index (κ1) is 17.9. The summed E-state index contributed by atoms with van der Waals surface area (Å²) in [6, 6.07) is 4.77. The van der Waals surface area contributed by atoms with Crippen molar-refractivity contribution in [2.75, 3.05) is 42.6 Å². The van der Waals surface area contributed by atoms with E-state index < -0.39 is 5.60 Å². The standard InChI is InChI=1S/C17H28N4OS2/c1-2-18-16(19-12-17(22)7-11-23-13-17)20-14-5-8-21(9-6-14)15-4-3-10-24-15/h3-4,10,14,22H,2,5-9,11-13H2,1H3,(H2,18,19,20). The number of aliphatic imine (C=N–C) groups is 1. The monoisotopic (exact) mass is 368 g/mol. The summed E-state index contributed by atoms with van der Waals surface area (Å²) < 4.78 is 0. The molecule has 3 heterocycles. The highest BCUT2D eigenvalue weighted by Gasteiger charge is 2.31. The van der Waals surface area contributed by atoms with Gasteiger partial charge in [-0.2, -0.15) is 11.8 Å². The fourth-order valence-corrected chi connectivity index (χ4v) is 5.22. The third-order valence-corrected chi connectivity index (χ3v) is 6.78. The van der Waals surface area contributed by atoms with Gasteiger partial charge in [-0.15, -0.1) is 11.3 Å². The molecule has 1 aromatic heterocycles. The Morgan fingerprint density at radius 2 is 2.29 bits per heavy atom. The van der Waals surface area contributed by atoms with E-state index in [0.29, 0.717) is 12.6 Å². The molecular formula is C17H28N4OS2. The summed E-state index contributed by atoms with van der Waals surface area (Å²) in [7, 11) is 0. The molecule has 5 nitrogen and oxygen atoms in total. The van der Waals surface area contributed by atoms with Crippen molar-refractivity contribution in [3.63, 3.8) is 0 Å². The van der Waals surface area contributed by atoms with Crippen molar-refractivity contribution < 1.29 is 5.11 Å². The number of hydrogen-bond acceptors (Lipinski definition) is 5. The molecule has 134 valence electrons. The van der Waals surface area contributed by atoms with Crippen LogP contribution in [-0.4, -0.2) is 60.4 Å². The molecule has 0 bridgehead atoms. The maximum Gasteiger partial charge on any atom is 0.191 e. The van der Waals surface area contributed by atoms with E-state index in [0.717, 1.165) is 56.4 Å². The first-order valence-electron chi connectivity index (χ1n) is 8.82. The molecule has 24 heavy (non-hydrogen) atoms. The van der Waals surface area contributed by atoms with E-state index in [1.165, 1.54) is 5.00 Å². The average Bonchev–Trinajstić information content (AvgIpc) is 3.26. The summed E-state index contributed by atoms with van der Waals surface area (Å²) in [6.07, 6.45) is 3.07. The lowest BCUT2D eigenvalue weighted by Crippen LogP contribution is -2.49. The second kappa shape index (κ2) is 8.45. The lowest BCUT2D eigenvalue weighted by molar-refractivity contribution is 0.0778. The maximum absolute atomic E-state index is 10.5. The molecule has 1 unspecified atom stereocenters. The highest BCUT2D eigenvalue weighted by molar-refractivity contribution is 7.99. The molecule has 1 aromatic rings. The van der Waals surface area contributed by atoms with Crippen molar-refractivity contribution in [2.45, 2.75) is 37.8 Å². The topological polar surface area (TPSA) is 59.9 Å². The molecule has 0 amide bonds. The zero-order chi connectivity index (χ0) is 16.8. The van der Waals surface area contributed by atoms with Crippen molar-refractivity contribution in [1.82, 2.24) is 10.6 Å². The number of nitrogens with zero attached hydrogens (tertiary/aromatic N) is 2. The Kier molecular flexibility index (Phi) is 6.30. The van der Waals surface area contributed by atoms with E-state index >= 15 is 0 Å². The van der Waals surface area contributed by atoms with Crippen molar-refractivity contribution in [3.8, 4) is 0 Å². The lowest BCUT2D eigenvalue weighted by Gasteiger charge is -2.33. The molecular weight excluding hydrogens is 340 g/mol. The summed E-state index contributed by atoms with van der Waals surface area (Å²) in [4.78, 5) is 7.11. The minimum Gasteiger partial charge on any atom is -0.387 e. The van der Waals surface area contributed by atoms with Gasteiger partial charge in [0.15, 0.2) is 5.96 Å². The third-order valence-electron chi connectivity index (χ3n) is 4.61. The average molecular weight is 369 g/mol.